The van der Waals surface area contributed by atoms with E-state index in [4.69, 9.17) is 0 Å². The number of hydrogen-bond donors (Lipinski definition) is 0. The van der Waals surface area contributed by atoms with E-state index in [9.17, 15) is 23.2 Å². The van der Waals surface area contributed by atoms with Gasteiger partial charge in [0.05, 0.1) is 17.3 Å². The fourth-order valence-electron chi connectivity index (χ4n) is 2.39. The molecule has 2 atom stereocenters. The summed E-state index contributed by atoms with van der Waals surface area (Å²) in [5.41, 5.74) is 0.263. The van der Waals surface area contributed by atoms with E-state index in [1.807, 2.05) is 6.07 Å². The Kier molecular flexibility index (Phi) is 5.35. The van der Waals surface area contributed by atoms with Gasteiger partial charge >= 0.3 is 6.18 Å². The molecule has 1 aromatic carbocycles. The standard InChI is InChI=1S/C18H15F3N2O/c1-12(10-13-5-7-14(8-6-13)18(19,20)21)17(24)15(11-22)16-4-2-3-9-23-16/h2-9,12,15H,10H2,1H3. The maximum absolute atomic E-state index is 12.6. The van der Waals surface area contributed by atoms with Crippen molar-refractivity contribution in [3.05, 3.63) is 65.5 Å². The maximum atomic E-state index is 12.6. The molecule has 0 fully saturated rings. The summed E-state index contributed by atoms with van der Waals surface area (Å²) in [6.07, 6.45) is -2.61. The lowest BCUT2D eigenvalue weighted by Gasteiger charge is -2.15. The first-order valence-electron chi connectivity index (χ1n) is 7.33. The van der Waals surface area contributed by atoms with E-state index in [1.165, 1.54) is 18.3 Å². The first kappa shape index (κ1) is 17.7. The van der Waals surface area contributed by atoms with Gasteiger partial charge in [0.2, 0.25) is 0 Å². The van der Waals surface area contributed by atoms with E-state index < -0.39 is 23.6 Å². The first-order valence-corrected chi connectivity index (χ1v) is 7.33. The lowest BCUT2D eigenvalue weighted by atomic mass is 9.88. The van der Waals surface area contributed by atoms with Crippen LogP contribution in [0.2, 0.25) is 0 Å². The van der Waals surface area contributed by atoms with Crippen LogP contribution in [0.4, 0.5) is 13.2 Å². The molecule has 3 nitrogen and oxygen atoms in total. The molecule has 0 spiro atoms. The number of ketones is 1. The first-order chi connectivity index (χ1) is 11.3. The minimum absolute atomic E-state index is 0.266. The molecular formula is C18H15F3N2O. The van der Waals surface area contributed by atoms with Crippen LogP contribution < -0.4 is 0 Å². The highest BCUT2D eigenvalue weighted by molar-refractivity contribution is 5.89. The fraction of sp³-hybridized carbons (Fsp3) is 0.278. The molecule has 6 heteroatoms. The van der Waals surface area contributed by atoms with Crippen LogP contribution in [-0.2, 0) is 17.4 Å². The average Bonchev–Trinajstić information content (AvgIpc) is 2.56. The highest BCUT2D eigenvalue weighted by atomic mass is 19.4. The third kappa shape index (κ3) is 4.19. The number of aromatic nitrogens is 1. The second-order valence-corrected chi connectivity index (χ2v) is 5.52. The molecule has 0 radical (unpaired) electrons. The Balaban J connectivity index is 2.10. The molecule has 124 valence electrons. The van der Waals surface area contributed by atoms with E-state index in [-0.39, 0.29) is 12.2 Å². The van der Waals surface area contributed by atoms with Crippen LogP contribution in [0.15, 0.2) is 48.7 Å². The van der Waals surface area contributed by atoms with Gasteiger partial charge in [-0.2, -0.15) is 18.4 Å². The number of hydrogen-bond acceptors (Lipinski definition) is 3. The van der Waals surface area contributed by atoms with Crippen LogP contribution in [0, 0.1) is 17.2 Å². The monoisotopic (exact) mass is 332 g/mol. The molecule has 0 saturated carbocycles. The Morgan fingerprint density at radius 3 is 2.38 bits per heavy atom. The molecule has 1 aromatic heterocycles. The van der Waals surface area contributed by atoms with Crippen LogP contribution >= 0.6 is 0 Å². The van der Waals surface area contributed by atoms with Gasteiger partial charge in [-0.25, -0.2) is 0 Å². The van der Waals surface area contributed by atoms with Gasteiger partial charge in [0, 0.05) is 12.1 Å². The molecule has 0 aliphatic heterocycles. The van der Waals surface area contributed by atoms with E-state index in [0.29, 0.717) is 11.3 Å². The lowest BCUT2D eigenvalue weighted by Crippen LogP contribution is -2.21. The SMILES string of the molecule is CC(Cc1ccc(C(F)(F)F)cc1)C(=O)C(C#N)c1ccccn1. The third-order valence-electron chi connectivity index (χ3n) is 3.71. The topological polar surface area (TPSA) is 53.8 Å². The van der Waals surface area contributed by atoms with Crippen LogP contribution in [0.5, 0.6) is 0 Å². The summed E-state index contributed by atoms with van der Waals surface area (Å²) in [5.74, 6) is -1.78. The Labute approximate surface area is 137 Å². The van der Waals surface area contributed by atoms with Crippen molar-refractivity contribution in [3.8, 4) is 6.07 Å². The zero-order chi connectivity index (χ0) is 17.7. The van der Waals surface area contributed by atoms with Crippen LogP contribution in [0.1, 0.15) is 29.7 Å². The number of rotatable bonds is 5. The molecule has 2 unspecified atom stereocenters. The number of halogens is 3. The number of benzene rings is 1. The van der Waals surface area contributed by atoms with Crippen molar-refractivity contribution in [1.29, 1.82) is 5.26 Å². The number of alkyl halides is 3. The summed E-state index contributed by atoms with van der Waals surface area (Å²) in [4.78, 5) is 16.5. The van der Waals surface area contributed by atoms with Gasteiger partial charge in [-0.05, 0) is 36.2 Å². The van der Waals surface area contributed by atoms with E-state index >= 15 is 0 Å². The van der Waals surface area contributed by atoms with Crippen molar-refractivity contribution in [2.75, 3.05) is 0 Å². The van der Waals surface area contributed by atoms with Crippen LogP contribution in [0.3, 0.4) is 0 Å². The van der Waals surface area contributed by atoms with Gasteiger partial charge in [-0.1, -0.05) is 25.1 Å². The van der Waals surface area contributed by atoms with Gasteiger partial charge < -0.3 is 0 Å². The van der Waals surface area contributed by atoms with Crippen LogP contribution in [-0.4, -0.2) is 10.8 Å². The number of Topliss-reactive ketones (excluding diaryl/α,β-unsaturated/α-hetero) is 1. The summed E-state index contributed by atoms with van der Waals surface area (Å²) < 4.78 is 37.7. The van der Waals surface area contributed by atoms with Gasteiger partial charge in [-0.15, -0.1) is 0 Å². The Morgan fingerprint density at radius 2 is 1.88 bits per heavy atom. The number of nitriles is 1. The molecule has 0 saturated heterocycles. The van der Waals surface area contributed by atoms with Gasteiger partial charge in [-0.3, -0.25) is 9.78 Å². The smallest absolute Gasteiger partial charge is 0.297 e. The minimum Gasteiger partial charge on any atom is -0.297 e. The molecular weight excluding hydrogens is 317 g/mol. The van der Waals surface area contributed by atoms with Gasteiger partial charge in [0.1, 0.15) is 5.92 Å². The van der Waals surface area contributed by atoms with Crippen molar-refractivity contribution in [2.24, 2.45) is 5.92 Å². The predicted molar refractivity (Wildman–Crippen MR) is 81.9 cm³/mol. The minimum atomic E-state index is -4.38. The lowest BCUT2D eigenvalue weighted by molar-refractivity contribution is -0.137. The number of pyridine rings is 1. The zero-order valence-electron chi connectivity index (χ0n) is 12.9. The highest BCUT2D eigenvalue weighted by Gasteiger charge is 2.30. The third-order valence-corrected chi connectivity index (χ3v) is 3.71. The van der Waals surface area contributed by atoms with Crippen molar-refractivity contribution in [2.45, 2.75) is 25.4 Å². The summed E-state index contributed by atoms with van der Waals surface area (Å²) in [6.45, 7) is 1.66. The molecule has 1 heterocycles. The Morgan fingerprint density at radius 1 is 1.21 bits per heavy atom. The van der Waals surface area contributed by atoms with E-state index in [0.717, 1.165) is 12.1 Å². The maximum Gasteiger partial charge on any atom is 0.416 e. The molecule has 0 aliphatic rings. The highest BCUT2D eigenvalue weighted by Crippen LogP contribution is 2.29. The number of nitrogens with zero attached hydrogens (tertiary/aromatic N) is 2. The molecule has 0 bridgehead atoms. The predicted octanol–water partition coefficient (Wildman–Crippen LogP) is 4.16. The van der Waals surface area contributed by atoms with Crippen molar-refractivity contribution in [3.63, 3.8) is 0 Å². The summed E-state index contributed by atoms with van der Waals surface area (Å²) in [5, 5.41) is 9.25. The van der Waals surface area contributed by atoms with Gasteiger partial charge in [0.15, 0.2) is 5.78 Å². The molecule has 0 aliphatic carbocycles. The van der Waals surface area contributed by atoms with Crippen LogP contribution in [0.25, 0.3) is 0 Å². The van der Waals surface area contributed by atoms with Crippen molar-refractivity contribution in [1.82, 2.24) is 4.98 Å². The van der Waals surface area contributed by atoms with E-state index in [2.05, 4.69) is 4.98 Å². The normalized spacial score (nSPS) is 13.8. The molecule has 0 amide bonds. The zero-order valence-corrected chi connectivity index (χ0v) is 12.9. The quantitative estimate of drug-likeness (QED) is 0.826. The largest absolute Gasteiger partial charge is 0.416 e. The number of carbonyl (C=O) groups is 1. The van der Waals surface area contributed by atoms with Gasteiger partial charge in [0.25, 0.3) is 0 Å². The summed E-state index contributed by atoms with van der Waals surface area (Å²) in [6, 6.07) is 11.6. The van der Waals surface area contributed by atoms with E-state index in [1.54, 1.807) is 25.1 Å². The second kappa shape index (κ2) is 7.26. The molecule has 24 heavy (non-hydrogen) atoms. The summed E-state index contributed by atoms with van der Waals surface area (Å²) >= 11 is 0. The second-order valence-electron chi connectivity index (χ2n) is 5.52. The Bertz CT molecular complexity index is 734. The van der Waals surface area contributed by atoms with Crippen molar-refractivity contribution < 1.29 is 18.0 Å². The molecule has 0 N–H and O–H groups in total. The summed E-state index contributed by atoms with van der Waals surface area (Å²) in [7, 11) is 0. The Hall–Kier alpha value is -2.68. The fourth-order valence-corrected chi connectivity index (χ4v) is 2.39. The average molecular weight is 332 g/mol. The molecule has 2 aromatic rings. The number of carbonyl (C=O) groups excluding carboxylic acids is 1. The van der Waals surface area contributed by atoms with Crippen molar-refractivity contribution >= 4 is 5.78 Å². The molecule has 2 rings (SSSR count).